The Morgan fingerprint density at radius 2 is 1.95 bits per heavy atom. The minimum atomic E-state index is -0.126. The Bertz CT molecular complexity index is 498. The third kappa shape index (κ3) is 3.63. The summed E-state index contributed by atoms with van der Waals surface area (Å²) in [6.45, 7) is 12.1. The molecule has 2 unspecified atom stereocenters. The highest BCUT2D eigenvalue weighted by Crippen LogP contribution is 2.27. The van der Waals surface area contributed by atoms with E-state index in [9.17, 15) is 0 Å². The number of nitrogens with two attached hydrogens (primary N) is 1. The molecule has 1 saturated heterocycles. The molecule has 1 aromatic rings. The van der Waals surface area contributed by atoms with E-state index in [0.717, 1.165) is 36.8 Å². The highest BCUT2D eigenvalue weighted by molar-refractivity contribution is 5.57. The maximum atomic E-state index is 5.60. The van der Waals surface area contributed by atoms with Crippen LogP contribution in [0, 0.1) is 12.8 Å². The second kappa shape index (κ2) is 6.15. The summed E-state index contributed by atoms with van der Waals surface area (Å²) < 4.78 is 5.60. The molecule has 2 rings (SSSR count). The smallest absolute Gasteiger partial charge is 0.148 e. The molecule has 0 aromatic carbocycles. The van der Waals surface area contributed by atoms with Gasteiger partial charge in [0.15, 0.2) is 0 Å². The molecule has 0 bridgehead atoms. The number of nitrogen functional groups attached to an aromatic ring is 1. The van der Waals surface area contributed by atoms with Gasteiger partial charge in [-0.25, -0.2) is 15.8 Å². The summed E-state index contributed by atoms with van der Waals surface area (Å²) in [5, 5.41) is 3.45. The van der Waals surface area contributed by atoms with Crippen molar-refractivity contribution < 1.29 is 4.74 Å². The van der Waals surface area contributed by atoms with Gasteiger partial charge in [0.2, 0.25) is 0 Å². The fraction of sp³-hybridized carbons (Fsp3) is 0.733. The van der Waals surface area contributed by atoms with Crippen LogP contribution in [0.25, 0.3) is 0 Å². The van der Waals surface area contributed by atoms with E-state index in [0.29, 0.717) is 17.8 Å². The number of ether oxygens (including phenoxy) is 1. The second-order valence-electron chi connectivity index (χ2n) is 6.77. The van der Waals surface area contributed by atoms with Gasteiger partial charge in [-0.05, 0) is 20.3 Å². The molecule has 4 N–H and O–H groups in total. The number of hydrogen-bond donors (Lipinski definition) is 3. The third-order valence-electron chi connectivity index (χ3n) is 4.02. The van der Waals surface area contributed by atoms with E-state index >= 15 is 0 Å². The van der Waals surface area contributed by atoms with Crippen LogP contribution >= 0.6 is 0 Å². The topological polar surface area (TPSA) is 85.1 Å². The van der Waals surface area contributed by atoms with Gasteiger partial charge in [-0.2, -0.15) is 0 Å². The zero-order chi connectivity index (χ0) is 15.6. The van der Waals surface area contributed by atoms with Crippen LogP contribution < -0.4 is 16.6 Å². The Kier molecular flexibility index (Phi) is 4.68. The molecular formula is C15H27N5O. The van der Waals surface area contributed by atoms with E-state index in [-0.39, 0.29) is 5.41 Å². The summed E-state index contributed by atoms with van der Waals surface area (Å²) in [6, 6.07) is 0. The fourth-order valence-electron chi connectivity index (χ4n) is 2.44. The number of anilines is 2. The molecule has 21 heavy (non-hydrogen) atoms. The molecule has 6 nitrogen and oxygen atoms in total. The molecule has 1 aromatic heterocycles. The molecule has 118 valence electrons. The van der Waals surface area contributed by atoms with E-state index in [4.69, 9.17) is 10.6 Å². The first kappa shape index (κ1) is 16.0. The van der Waals surface area contributed by atoms with Gasteiger partial charge >= 0.3 is 0 Å². The van der Waals surface area contributed by atoms with Crippen molar-refractivity contribution in [3.63, 3.8) is 0 Å². The van der Waals surface area contributed by atoms with Gasteiger partial charge < -0.3 is 15.5 Å². The predicted molar refractivity (Wildman–Crippen MR) is 85.3 cm³/mol. The summed E-state index contributed by atoms with van der Waals surface area (Å²) in [5.41, 5.74) is 3.49. The molecule has 0 spiro atoms. The lowest BCUT2D eigenvalue weighted by Gasteiger charge is -2.22. The number of nitrogens with zero attached hydrogens (tertiary/aromatic N) is 2. The zero-order valence-electron chi connectivity index (χ0n) is 13.7. The Hall–Kier alpha value is -1.40. The van der Waals surface area contributed by atoms with Crippen molar-refractivity contribution in [1.82, 2.24) is 9.97 Å². The van der Waals surface area contributed by atoms with E-state index in [1.807, 2.05) is 6.92 Å². The number of rotatable bonds is 4. The SMILES string of the molecule is Cc1c(NN)nc(C(C)(C)C)nc1NCC1CCOC1C. The van der Waals surface area contributed by atoms with Crippen LogP contribution in [0.1, 0.15) is 45.5 Å². The van der Waals surface area contributed by atoms with Crippen molar-refractivity contribution in [1.29, 1.82) is 0 Å². The van der Waals surface area contributed by atoms with Crippen molar-refractivity contribution in [3.05, 3.63) is 11.4 Å². The normalized spacial score (nSPS) is 22.4. The molecule has 1 aliphatic rings. The van der Waals surface area contributed by atoms with Crippen LogP contribution in [0.4, 0.5) is 11.6 Å². The van der Waals surface area contributed by atoms with Crippen molar-refractivity contribution in [2.24, 2.45) is 11.8 Å². The van der Waals surface area contributed by atoms with Crippen LogP contribution in [-0.2, 0) is 10.2 Å². The van der Waals surface area contributed by atoms with E-state index < -0.39 is 0 Å². The maximum absolute atomic E-state index is 5.60. The largest absolute Gasteiger partial charge is 0.378 e. The number of nitrogens with one attached hydrogen (secondary N) is 2. The second-order valence-corrected chi connectivity index (χ2v) is 6.77. The molecule has 2 atom stereocenters. The predicted octanol–water partition coefficient (Wildman–Crippen LogP) is 2.21. The average molecular weight is 293 g/mol. The Labute approximate surface area is 126 Å². The van der Waals surface area contributed by atoms with Gasteiger partial charge in [0.05, 0.1) is 6.10 Å². The van der Waals surface area contributed by atoms with Crippen molar-refractivity contribution in [2.45, 2.75) is 52.6 Å². The lowest BCUT2D eigenvalue weighted by atomic mass is 9.95. The van der Waals surface area contributed by atoms with Crippen LogP contribution in [0.15, 0.2) is 0 Å². The summed E-state index contributed by atoms with van der Waals surface area (Å²) >= 11 is 0. The Morgan fingerprint density at radius 1 is 1.29 bits per heavy atom. The fourth-order valence-corrected chi connectivity index (χ4v) is 2.44. The first-order valence-corrected chi connectivity index (χ1v) is 7.54. The summed E-state index contributed by atoms with van der Waals surface area (Å²) in [6.07, 6.45) is 1.39. The number of aromatic nitrogens is 2. The number of hydrogen-bond acceptors (Lipinski definition) is 6. The van der Waals surface area contributed by atoms with Crippen LogP contribution in [-0.4, -0.2) is 29.2 Å². The maximum Gasteiger partial charge on any atom is 0.148 e. The Balaban J connectivity index is 2.21. The standard InChI is InChI=1S/C15H27N5O/c1-9-12(17-8-11-6-7-21-10(11)2)18-14(15(3,4)5)19-13(9)20-16/h10-11H,6-8,16H2,1-5H3,(H2,17,18,19,20). The van der Waals surface area contributed by atoms with Crippen LogP contribution in [0.2, 0.25) is 0 Å². The minimum absolute atomic E-state index is 0.126. The number of hydrazine groups is 1. The van der Waals surface area contributed by atoms with Gasteiger partial charge in [-0.3, -0.25) is 0 Å². The highest BCUT2D eigenvalue weighted by atomic mass is 16.5. The zero-order valence-corrected chi connectivity index (χ0v) is 13.7. The third-order valence-corrected chi connectivity index (χ3v) is 4.02. The van der Waals surface area contributed by atoms with E-state index in [1.165, 1.54) is 0 Å². The van der Waals surface area contributed by atoms with Crippen LogP contribution in [0.5, 0.6) is 0 Å². The van der Waals surface area contributed by atoms with Gasteiger partial charge in [-0.15, -0.1) is 0 Å². The van der Waals surface area contributed by atoms with Crippen molar-refractivity contribution >= 4 is 11.6 Å². The average Bonchev–Trinajstić information content (AvgIpc) is 2.82. The van der Waals surface area contributed by atoms with Gasteiger partial charge in [0.1, 0.15) is 17.5 Å². The summed E-state index contributed by atoms with van der Waals surface area (Å²) in [5.74, 6) is 8.40. The molecule has 0 aliphatic carbocycles. The van der Waals surface area contributed by atoms with E-state index in [2.05, 4.69) is 48.4 Å². The summed E-state index contributed by atoms with van der Waals surface area (Å²) in [7, 11) is 0. The minimum Gasteiger partial charge on any atom is -0.378 e. The highest BCUT2D eigenvalue weighted by Gasteiger charge is 2.25. The Morgan fingerprint density at radius 3 is 2.48 bits per heavy atom. The quantitative estimate of drug-likeness (QED) is 0.583. The molecular weight excluding hydrogens is 266 g/mol. The van der Waals surface area contributed by atoms with Crippen molar-refractivity contribution in [2.75, 3.05) is 23.9 Å². The van der Waals surface area contributed by atoms with Gasteiger partial charge in [-0.1, -0.05) is 20.8 Å². The van der Waals surface area contributed by atoms with Crippen molar-refractivity contribution in [3.8, 4) is 0 Å². The van der Waals surface area contributed by atoms with Gasteiger partial charge in [0.25, 0.3) is 0 Å². The molecule has 1 fully saturated rings. The van der Waals surface area contributed by atoms with E-state index in [1.54, 1.807) is 0 Å². The summed E-state index contributed by atoms with van der Waals surface area (Å²) in [4.78, 5) is 9.19. The molecule has 0 amide bonds. The first-order valence-electron chi connectivity index (χ1n) is 7.54. The molecule has 0 saturated carbocycles. The monoisotopic (exact) mass is 293 g/mol. The molecule has 2 heterocycles. The molecule has 1 aliphatic heterocycles. The van der Waals surface area contributed by atoms with Crippen LogP contribution in [0.3, 0.4) is 0 Å². The molecule has 0 radical (unpaired) electrons. The molecule has 6 heteroatoms. The van der Waals surface area contributed by atoms with Gasteiger partial charge in [0, 0.05) is 30.0 Å². The lowest BCUT2D eigenvalue weighted by molar-refractivity contribution is 0.108. The lowest BCUT2D eigenvalue weighted by Crippen LogP contribution is -2.24. The first-order chi connectivity index (χ1) is 9.82.